The van der Waals surface area contributed by atoms with Crippen LogP contribution < -0.4 is 5.73 Å². The SMILES string of the molecule is CC(=O)OCC1OC(Sc2ccc(F)cc2)C(OC(C)=O)C(N)C1OC(C)=O. The topological polar surface area (TPSA) is 114 Å². The Bertz CT molecular complexity index is 712. The zero-order chi connectivity index (χ0) is 20.8. The highest BCUT2D eigenvalue weighted by Gasteiger charge is 2.48. The van der Waals surface area contributed by atoms with Gasteiger partial charge < -0.3 is 24.7 Å². The molecule has 1 saturated heterocycles. The van der Waals surface area contributed by atoms with E-state index in [-0.39, 0.29) is 6.61 Å². The van der Waals surface area contributed by atoms with Crippen molar-refractivity contribution in [2.45, 2.75) is 55.5 Å². The van der Waals surface area contributed by atoms with Gasteiger partial charge in [-0.05, 0) is 24.3 Å². The van der Waals surface area contributed by atoms with Gasteiger partial charge in [-0.3, -0.25) is 14.4 Å². The van der Waals surface area contributed by atoms with Crippen LogP contribution in [0.3, 0.4) is 0 Å². The molecule has 10 heteroatoms. The van der Waals surface area contributed by atoms with Crippen LogP contribution in [0, 0.1) is 5.82 Å². The third-order valence-corrected chi connectivity index (χ3v) is 4.98. The molecule has 28 heavy (non-hydrogen) atoms. The Morgan fingerprint density at radius 1 is 1.04 bits per heavy atom. The Balaban J connectivity index is 2.28. The van der Waals surface area contributed by atoms with E-state index in [4.69, 9.17) is 24.7 Å². The maximum absolute atomic E-state index is 13.2. The minimum Gasteiger partial charge on any atom is -0.463 e. The molecule has 154 valence electrons. The molecule has 1 fully saturated rings. The number of hydrogen-bond acceptors (Lipinski definition) is 9. The zero-order valence-electron chi connectivity index (χ0n) is 15.6. The van der Waals surface area contributed by atoms with Crippen LogP contribution in [0.4, 0.5) is 4.39 Å². The summed E-state index contributed by atoms with van der Waals surface area (Å²) in [6, 6.07) is 4.71. The number of ether oxygens (including phenoxy) is 4. The van der Waals surface area contributed by atoms with Crippen LogP contribution in [0.1, 0.15) is 20.8 Å². The van der Waals surface area contributed by atoms with E-state index >= 15 is 0 Å². The van der Waals surface area contributed by atoms with Crippen molar-refractivity contribution in [3.63, 3.8) is 0 Å². The van der Waals surface area contributed by atoms with Crippen molar-refractivity contribution in [1.82, 2.24) is 0 Å². The smallest absolute Gasteiger partial charge is 0.303 e. The summed E-state index contributed by atoms with van der Waals surface area (Å²) in [5.41, 5.74) is 5.44. The van der Waals surface area contributed by atoms with E-state index < -0.39 is 53.5 Å². The second-order valence-electron chi connectivity index (χ2n) is 6.14. The standard InChI is InChI=1S/C18H22FNO7S/c1-9(21)24-8-14-16(25-10(2)22)15(20)17(26-11(3)23)18(27-14)28-13-6-4-12(19)5-7-13/h4-7,14-18H,8,20H2,1-3H3. The summed E-state index contributed by atoms with van der Waals surface area (Å²) in [6.45, 7) is 3.46. The molecule has 5 unspecified atom stereocenters. The average molecular weight is 415 g/mol. The highest BCUT2D eigenvalue weighted by atomic mass is 32.2. The monoisotopic (exact) mass is 415 g/mol. The zero-order valence-corrected chi connectivity index (χ0v) is 16.4. The lowest BCUT2D eigenvalue weighted by atomic mass is 9.97. The second kappa shape index (κ2) is 9.85. The maximum atomic E-state index is 13.2. The molecule has 1 aromatic rings. The minimum absolute atomic E-state index is 0.200. The molecule has 0 aromatic heterocycles. The third kappa shape index (κ3) is 6.18. The molecule has 5 atom stereocenters. The van der Waals surface area contributed by atoms with E-state index in [1.54, 1.807) is 12.1 Å². The minimum atomic E-state index is -0.994. The van der Waals surface area contributed by atoms with E-state index in [0.717, 1.165) is 11.8 Å². The van der Waals surface area contributed by atoms with Crippen LogP contribution in [-0.4, -0.2) is 54.3 Å². The first-order valence-electron chi connectivity index (χ1n) is 8.48. The van der Waals surface area contributed by atoms with Gasteiger partial charge in [0, 0.05) is 25.7 Å². The van der Waals surface area contributed by atoms with E-state index in [2.05, 4.69) is 0 Å². The van der Waals surface area contributed by atoms with Crippen molar-refractivity contribution in [1.29, 1.82) is 0 Å². The lowest BCUT2D eigenvalue weighted by Crippen LogP contribution is -2.63. The van der Waals surface area contributed by atoms with Gasteiger partial charge >= 0.3 is 17.9 Å². The molecule has 8 nitrogen and oxygen atoms in total. The summed E-state index contributed by atoms with van der Waals surface area (Å²) >= 11 is 1.16. The number of halogens is 1. The Morgan fingerprint density at radius 3 is 2.14 bits per heavy atom. The Hall–Kier alpha value is -2.17. The first-order valence-corrected chi connectivity index (χ1v) is 9.36. The average Bonchev–Trinajstić information content (AvgIpc) is 2.60. The van der Waals surface area contributed by atoms with Crippen LogP contribution in [0.25, 0.3) is 0 Å². The molecule has 0 spiro atoms. The van der Waals surface area contributed by atoms with Crippen molar-refractivity contribution in [3.8, 4) is 0 Å². The molecular weight excluding hydrogens is 393 g/mol. The van der Waals surface area contributed by atoms with Crippen molar-refractivity contribution in [2.24, 2.45) is 5.73 Å². The van der Waals surface area contributed by atoms with Gasteiger partial charge in [-0.1, -0.05) is 11.8 Å². The van der Waals surface area contributed by atoms with Crippen molar-refractivity contribution >= 4 is 29.7 Å². The molecule has 0 saturated carbocycles. The molecule has 0 radical (unpaired) electrons. The van der Waals surface area contributed by atoms with E-state index in [9.17, 15) is 18.8 Å². The second-order valence-corrected chi connectivity index (χ2v) is 7.31. The third-order valence-electron chi connectivity index (χ3n) is 3.82. The fraction of sp³-hybridized carbons (Fsp3) is 0.500. The van der Waals surface area contributed by atoms with Crippen LogP contribution >= 0.6 is 11.8 Å². The number of nitrogens with two attached hydrogens (primary N) is 1. The first kappa shape index (κ1) is 22.1. The normalized spacial score (nSPS) is 27.0. The predicted molar refractivity (Wildman–Crippen MR) is 96.6 cm³/mol. The first-order chi connectivity index (χ1) is 13.2. The quantitative estimate of drug-likeness (QED) is 0.544. The van der Waals surface area contributed by atoms with Crippen LogP contribution in [-0.2, 0) is 33.3 Å². The maximum Gasteiger partial charge on any atom is 0.303 e. The van der Waals surface area contributed by atoms with Crippen molar-refractivity contribution < 1.29 is 37.7 Å². The lowest BCUT2D eigenvalue weighted by molar-refractivity contribution is -0.201. The van der Waals surface area contributed by atoms with Crippen molar-refractivity contribution in [2.75, 3.05) is 6.61 Å². The van der Waals surface area contributed by atoms with Gasteiger partial charge in [-0.15, -0.1) is 0 Å². The van der Waals surface area contributed by atoms with Crippen LogP contribution in [0.2, 0.25) is 0 Å². The van der Waals surface area contributed by atoms with E-state index in [0.29, 0.717) is 4.90 Å². The van der Waals surface area contributed by atoms with Gasteiger partial charge in [-0.25, -0.2) is 4.39 Å². The Kier molecular flexibility index (Phi) is 7.78. The van der Waals surface area contributed by atoms with Gasteiger partial charge in [0.05, 0.1) is 6.04 Å². The number of thioether (sulfide) groups is 1. The molecule has 1 aliphatic rings. The van der Waals surface area contributed by atoms with E-state index in [1.807, 2.05) is 0 Å². The molecule has 1 heterocycles. The Labute approximate surface area is 165 Å². The molecule has 1 aromatic carbocycles. The fourth-order valence-electron chi connectivity index (χ4n) is 2.69. The van der Waals surface area contributed by atoms with Gasteiger partial charge in [0.25, 0.3) is 0 Å². The number of carbonyl (C=O) groups excluding carboxylic acids is 3. The van der Waals surface area contributed by atoms with Crippen LogP contribution in [0.5, 0.6) is 0 Å². The van der Waals surface area contributed by atoms with Gasteiger partial charge in [0.15, 0.2) is 6.10 Å². The summed E-state index contributed by atoms with van der Waals surface area (Å²) in [6.07, 6.45) is -2.82. The molecule has 0 amide bonds. The van der Waals surface area contributed by atoms with E-state index in [1.165, 1.54) is 32.9 Å². The highest BCUT2D eigenvalue weighted by Crippen LogP contribution is 2.35. The number of hydrogen-bond donors (Lipinski definition) is 1. The molecular formula is C18H22FNO7S. The highest BCUT2D eigenvalue weighted by molar-refractivity contribution is 7.99. The number of benzene rings is 1. The van der Waals surface area contributed by atoms with Crippen molar-refractivity contribution in [3.05, 3.63) is 30.1 Å². The summed E-state index contributed by atoms with van der Waals surface area (Å²) in [7, 11) is 0. The molecule has 2 rings (SSSR count). The molecule has 0 bridgehead atoms. The van der Waals surface area contributed by atoms with Gasteiger partial charge in [-0.2, -0.15) is 0 Å². The lowest BCUT2D eigenvalue weighted by Gasteiger charge is -2.43. The summed E-state index contributed by atoms with van der Waals surface area (Å²) < 4.78 is 34.6. The molecule has 1 aliphatic heterocycles. The number of rotatable bonds is 6. The summed E-state index contributed by atoms with van der Waals surface area (Å²) in [5, 5.41) is 0. The Morgan fingerprint density at radius 2 is 1.61 bits per heavy atom. The summed E-state index contributed by atoms with van der Waals surface area (Å²) in [5.74, 6) is -2.13. The van der Waals surface area contributed by atoms with Gasteiger partial charge in [0.1, 0.15) is 30.1 Å². The van der Waals surface area contributed by atoms with Gasteiger partial charge in [0.2, 0.25) is 0 Å². The molecule has 2 N–H and O–H groups in total. The fourth-order valence-corrected chi connectivity index (χ4v) is 3.82. The number of esters is 3. The summed E-state index contributed by atoms with van der Waals surface area (Å²) in [4.78, 5) is 34.9. The number of carbonyl (C=O) groups is 3. The molecule has 0 aliphatic carbocycles. The van der Waals surface area contributed by atoms with Crippen LogP contribution in [0.15, 0.2) is 29.2 Å². The largest absolute Gasteiger partial charge is 0.463 e. The predicted octanol–water partition coefficient (Wildman–Crippen LogP) is 1.40.